The molecule has 0 aliphatic heterocycles. The summed E-state index contributed by atoms with van der Waals surface area (Å²) >= 11 is 0. The molecule has 58 valence electrons. The summed E-state index contributed by atoms with van der Waals surface area (Å²) < 4.78 is 0. The van der Waals surface area contributed by atoms with Crippen LogP contribution in [0.15, 0.2) is 12.2 Å². The van der Waals surface area contributed by atoms with E-state index in [9.17, 15) is 0 Å². The number of rotatable bonds is 2. The zero-order valence-electron chi connectivity index (χ0n) is 7.57. The molecule has 0 nitrogen and oxygen atoms in total. The molecule has 1 aliphatic rings. The van der Waals surface area contributed by atoms with Crippen LogP contribution in [0.4, 0.5) is 0 Å². The highest BCUT2D eigenvalue weighted by Gasteiger charge is 2.50. The molecule has 10 heavy (non-hydrogen) atoms. The Morgan fingerprint density at radius 1 is 1.70 bits per heavy atom. The summed E-state index contributed by atoms with van der Waals surface area (Å²) in [5.74, 6) is 1.63. The third-order valence-corrected chi connectivity index (χ3v) is 3.44. The van der Waals surface area contributed by atoms with E-state index >= 15 is 0 Å². The molecule has 0 spiro atoms. The SMILES string of the molecule is C=C(C)C(C)C1(C)CC1C. The molecule has 3 unspecified atom stereocenters. The van der Waals surface area contributed by atoms with E-state index < -0.39 is 0 Å². The fourth-order valence-electron chi connectivity index (χ4n) is 1.77. The van der Waals surface area contributed by atoms with Gasteiger partial charge in [-0.25, -0.2) is 0 Å². The molecule has 0 N–H and O–H groups in total. The van der Waals surface area contributed by atoms with Gasteiger partial charge in [-0.3, -0.25) is 0 Å². The Morgan fingerprint density at radius 2 is 2.10 bits per heavy atom. The molecule has 1 rings (SSSR count). The average molecular weight is 138 g/mol. The van der Waals surface area contributed by atoms with Crippen LogP contribution >= 0.6 is 0 Å². The summed E-state index contributed by atoms with van der Waals surface area (Å²) in [5, 5.41) is 0. The predicted molar refractivity (Wildman–Crippen MR) is 45.9 cm³/mol. The van der Waals surface area contributed by atoms with Crippen molar-refractivity contribution >= 4 is 0 Å². The fraction of sp³-hybridized carbons (Fsp3) is 0.800. The third kappa shape index (κ3) is 1.00. The van der Waals surface area contributed by atoms with Crippen molar-refractivity contribution in [3.05, 3.63) is 12.2 Å². The predicted octanol–water partition coefficient (Wildman–Crippen LogP) is 3.24. The first kappa shape index (κ1) is 7.84. The van der Waals surface area contributed by atoms with Crippen molar-refractivity contribution in [1.29, 1.82) is 0 Å². The smallest absolute Gasteiger partial charge is 0.0180 e. The lowest BCUT2D eigenvalue weighted by molar-refractivity contribution is 0.386. The summed E-state index contributed by atoms with van der Waals surface area (Å²) in [6.07, 6.45) is 1.39. The molecule has 0 amide bonds. The Hall–Kier alpha value is -0.260. The van der Waals surface area contributed by atoms with E-state index in [0.717, 1.165) is 5.92 Å². The normalized spacial score (nSPS) is 41.0. The lowest BCUT2D eigenvalue weighted by Crippen LogP contribution is -2.11. The molecule has 0 aromatic carbocycles. The highest BCUT2D eigenvalue weighted by molar-refractivity contribution is 5.10. The van der Waals surface area contributed by atoms with Gasteiger partial charge in [0.05, 0.1) is 0 Å². The van der Waals surface area contributed by atoms with Gasteiger partial charge in [-0.15, -0.1) is 0 Å². The van der Waals surface area contributed by atoms with E-state index in [1.807, 2.05) is 0 Å². The van der Waals surface area contributed by atoms with Gasteiger partial charge in [0.1, 0.15) is 0 Å². The van der Waals surface area contributed by atoms with Crippen molar-refractivity contribution in [3.63, 3.8) is 0 Å². The minimum atomic E-state index is 0.589. The lowest BCUT2D eigenvalue weighted by Gasteiger charge is -2.19. The van der Waals surface area contributed by atoms with Crippen molar-refractivity contribution in [2.75, 3.05) is 0 Å². The summed E-state index contributed by atoms with van der Waals surface area (Å²) in [7, 11) is 0. The van der Waals surface area contributed by atoms with Crippen molar-refractivity contribution in [2.45, 2.75) is 34.1 Å². The van der Waals surface area contributed by atoms with Crippen LogP contribution in [0.2, 0.25) is 0 Å². The topological polar surface area (TPSA) is 0 Å². The summed E-state index contributed by atoms with van der Waals surface area (Å²) in [6.45, 7) is 13.1. The molecule has 0 aromatic heterocycles. The Kier molecular flexibility index (Phi) is 1.66. The van der Waals surface area contributed by atoms with Crippen molar-refractivity contribution < 1.29 is 0 Å². The van der Waals surface area contributed by atoms with E-state index in [-0.39, 0.29) is 0 Å². The maximum absolute atomic E-state index is 4.00. The second-order valence-corrected chi connectivity index (χ2v) is 4.18. The quantitative estimate of drug-likeness (QED) is 0.514. The standard InChI is InChI=1S/C10H18/c1-7(2)9(4)10(5)6-8(10)3/h8-9H,1,6H2,2-5H3. The molecule has 0 saturated heterocycles. The van der Waals surface area contributed by atoms with Gasteiger partial charge in [0.25, 0.3) is 0 Å². The third-order valence-electron chi connectivity index (χ3n) is 3.44. The maximum atomic E-state index is 4.00. The molecule has 1 saturated carbocycles. The minimum Gasteiger partial charge on any atom is -0.0999 e. The zero-order valence-corrected chi connectivity index (χ0v) is 7.57. The van der Waals surface area contributed by atoms with E-state index in [0.29, 0.717) is 11.3 Å². The first-order chi connectivity index (χ1) is 4.48. The van der Waals surface area contributed by atoms with Crippen LogP contribution in [-0.4, -0.2) is 0 Å². The van der Waals surface area contributed by atoms with Crippen molar-refractivity contribution in [1.82, 2.24) is 0 Å². The Balaban J connectivity index is 2.58. The first-order valence-electron chi connectivity index (χ1n) is 4.14. The summed E-state index contributed by atoms with van der Waals surface area (Å²) in [5.41, 5.74) is 1.93. The molecule has 3 atom stereocenters. The van der Waals surface area contributed by atoms with Crippen LogP contribution in [0, 0.1) is 17.3 Å². The highest BCUT2D eigenvalue weighted by Crippen LogP contribution is 2.58. The number of hydrogen-bond donors (Lipinski definition) is 0. The molecule has 0 radical (unpaired) electrons. The molecule has 1 aliphatic carbocycles. The van der Waals surface area contributed by atoms with Crippen molar-refractivity contribution in [2.24, 2.45) is 17.3 Å². The van der Waals surface area contributed by atoms with E-state index in [4.69, 9.17) is 0 Å². The van der Waals surface area contributed by atoms with Crippen LogP contribution in [0.3, 0.4) is 0 Å². The van der Waals surface area contributed by atoms with E-state index in [2.05, 4.69) is 34.3 Å². The van der Waals surface area contributed by atoms with Crippen molar-refractivity contribution in [3.8, 4) is 0 Å². The van der Waals surface area contributed by atoms with Gasteiger partial charge in [0.2, 0.25) is 0 Å². The number of hydrogen-bond acceptors (Lipinski definition) is 0. The van der Waals surface area contributed by atoms with Gasteiger partial charge < -0.3 is 0 Å². The van der Waals surface area contributed by atoms with Crippen LogP contribution in [0.1, 0.15) is 34.1 Å². The minimum absolute atomic E-state index is 0.589. The Bertz CT molecular complexity index is 157. The zero-order chi connectivity index (χ0) is 7.94. The van der Waals surface area contributed by atoms with Crippen LogP contribution in [0.5, 0.6) is 0 Å². The number of allylic oxidation sites excluding steroid dienone is 1. The van der Waals surface area contributed by atoms with E-state index in [1.54, 1.807) is 0 Å². The second-order valence-electron chi connectivity index (χ2n) is 4.18. The highest BCUT2D eigenvalue weighted by atomic mass is 14.5. The van der Waals surface area contributed by atoms with Crippen LogP contribution < -0.4 is 0 Å². The van der Waals surface area contributed by atoms with E-state index in [1.165, 1.54) is 12.0 Å². The largest absolute Gasteiger partial charge is 0.0999 e. The molecule has 0 heteroatoms. The average Bonchev–Trinajstić information content (AvgIpc) is 2.41. The maximum Gasteiger partial charge on any atom is -0.0180 e. The molecule has 0 heterocycles. The van der Waals surface area contributed by atoms with Gasteiger partial charge in [0, 0.05) is 0 Å². The first-order valence-corrected chi connectivity index (χ1v) is 4.14. The molecule has 1 fully saturated rings. The van der Waals surface area contributed by atoms with Gasteiger partial charge in [-0.1, -0.05) is 32.9 Å². The molecule has 0 bridgehead atoms. The summed E-state index contributed by atoms with van der Waals surface area (Å²) in [4.78, 5) is 0. The second kappa shape index (κ2) is 2.11. The molecule has 0 aromatic rings. The molecular formula is C10H18. The monoisotopic (exact) mass is 138 g/mol. The lowest BCUT2D eigenvalue weighted by atomic mass is 9.86. The fourth-order valence-corrected chi connectivity index (χ4v) is 1.77. The van der Waals surface area contributed by atoms with Gasteiger partial charge in [-0.2, -0.15) is 0 Å². The van der Waals surface area contributed by atoms with Crippen LogP contribution in [-0.2, 0) is 0 Å². The Morgan fingerprint density at radius 3 is 2.20 bits per heavy atom. The van der Waals surface area contributed by atoms with Gasteiger partial charge >= 0.3 is 0 Å². The summed E-state index contributed by atoms with van der Waals surface area (Å²) in [6, 6.07) is 0. The molecular weight excluding hydrogens is 120 g/mol. The van der Waals surface area contributed by atoms with Gasteiger partial charge in [-0.05, 0) is 30.6 Å². The Labute approximate surface area is 64.3 Å². The van der Waals surface area contributed by atoms with Gasteiger partial charge in [0.15, 0.2) is 0 Å². The van der Waals surface area contributed by atoms with Crippen LogP contribution in [0.25, 0.3) is 0 Å².